The maximum atomic E-state index is 13.1. The molecular formula is C21H23ClFIN6O. The number of piperazine rings is 1. The monoisotopic (exact) mass is 556 g/mol. The summed E-state index contributed by atoms with van der Waals surface area (Å²) in [6.45, 7) is 3.57. The SMILES string of the molecule is I.NC(=NCCc1nc(-c2cccc(Cl)c2)no1)N1CCN(c2ccc(F)cc2)CC1. The van der Waals surface area contributed by atoms with Gasteiger partial charge in [-0.05, 0) is 36.4 Å². The van der Waals surface area contributed by atoms with Crippen LogP contribution in [-0.2, 0) is 6.42 Å². The van der Waals surface area contributed by atoms with Crippen molar-refractivity contribution in [3.8, 4) is 11.4 Å². The summed E-state index contributed by atoms with van der Waals surface area (Å²) in [7, 11) is 0. The van der Waals surface area contributed by atoms with E-state index in [1.54, 1.807) is 24.3 Å². The van der Waals surface area contributed by atoms with Gasteiger partial charge in [-0.15, -0.1) is 24.0 Å². The molecule has 0 saturated carbocycles. The maximum Gasteiger partial charge on any atom is 0.228 e. The number of hydrogen-bond acceptors (Lipinski definition) is 5. The Morgan fingerprint density at radius 3 is 2.58 bits per heavy atom. The third-order valence-corrected chi connectivity index (χ3v) is 5.18. The minimum Gasteiger partial charge on any atom is -0.370 e. The molecule has 0 bridgehead atoms. The van der Waals surface area contributed by atoms with Crippen molar-refractivity contribution in [2.75, 3.05) is 37.6 Å². The van der Waals surface area contributed by atoms with Gasteiger partial charge in [0, 0.05) is 48.9 Å². The van der Waals surface area contributed by atoms with Crippen molar-refractivity contribution in [3.05, 3.63) is 65.3 Å². The molecule has 0 aliphatic carbocycles. The van der Waals surface area contributed by atoms with Gasteiger partial charge in [-0.3, -0.25) is 4.99 Å². The minimum absolute atomic E-state index is 0. The average molecular weight is 557 g/mol. The maximum absolute atomic E-state index is 13.1. The van der Waals surface area contributed by atoms with E-state index in [-0.39, 0.29) is 29.8 Å². The Bertz CT molecular complexity index is 1020. The first kappa shape index (κ1) is 23.3. The Hall–Kier alpha value is -2.40. The van der Waals surface area contributed by atoms with Crippen molar-refractivity contribution < 1.29 is 8.91 Å². The van der Waals surface area contributed by atoms with Crippen molar-refractivity contribution >= 4 is 47.2 Å². The Morgan fingerprint density at radius 2 is 1.87 bits per heavy atom. The van der Waals surface area contributed by atoms with Gasteiger partial charge in [-0.25, -0.2) is 4.39 Å². The Labute approximate surface area is 202 Å². The first-order valence-corrected chi connectivity index (χ1v) is 10.1. The number of hydrogen-bond donors (Lipinski definition) is 1. The predicted octanol–water partition coefficient (Wildman–Crippen LogP) is 3.83. The first-order valence-electron chi connectivity index (χ1n) is 9.72. The van der Waals surface area contributed by atoms with Gasteiger partial charge in [-0.2, -0.15) is 4.98 Å². The number of anilines is 1. The summed E-state index contributed by atoms with van der Waals surface area (Å²) in [5, 5.41) is 4.61. The molecule has 4 rings (SSSR count). The van der Waals surface area contributed by atoms with Crippen molar-refractivity contribution in [3.63, 3.8) is 0 Å². The van der Waals surface area contributed by atoms with Gasteiger partial charge in [0.1, 0.15) is 5.82 Å². The summed E-state index contributed by atoms with van der Waals surface area (Å²) in [5.74, 6) is 1.28. The van der Waals surface area contributed by atoms with E-state index in [1.807, 2.05) is 17.0 Å². The van der Waals surface area contributed by atoms with Gasteiger partial charge >= 0.3 is 0 Å². The molecule has 0 unspecified atom stereocenters. The lowest BCUT2D eigenvalue weighted by molar-refractivity contribution is 0.374. The van der Waals surface area contributed by atoms with Crippen LogP contribution in [0.1, 0.15) is 5.89 Å². The summed E-state index contributed by atoms with van der Waals surface area (Å²) >= 11 is 6.00. The molecule has 0 amide bonds. The molecule has 164 valence electrons. The minimum atomic E-state index is -0.227. The first-order chi connectivity index (χ1) is 14.6. The molecule has 0 spiro atoms. The van der Waals surface area contributed by atoms with E-state index in [9.17, 15) is 4.39 Å². The summed E-state index contributed by atoms with van der Waals surface area (Å²) in [6.07, 6.45) is 0.504. The van der Waals surface area contributed by atoms with E-state index in [2.05, 4.69) is 20.0 Å². The van der Waals surface area contributed by atoms with E-state index in [4.69, 9.17) is 21.9 Å². The molecule has 1 aliphatic heterocycles. The Kier molecular flexibility index (Phi) is 8.08. The fourth-order valence-electron chi connectivity index (χ4n) is 3.31. The largest absolute Gasteiger partial charge is 0.370 e. The van der Waals surface area contributed by atoms with Crippen LogP contribution in [0.25, 0.3) is 11.4 Å². The number of nitrogens with zero attached hydrogens (tertiary/aromatic N) is 5. The fourth-order valence-corrected chi connectivity index (χ4v) is 3.50. The zero-order chi connectivity index (χ0) is 20.9. The van der Waals surface area contributed by atoms with E-state index in [0.717, 1.165) is 37.4 Å². The van der Waals surface area contributed by atoms with E-state index in [1.165, 1.54) is 12.1 Å². The van der Waals surface area contributed by atoms with Crippen molar-refractivity contribution in [2.24, 2.45) is 10.7 Å². The topological polar surface area (TPSA) is 83.8 Å². The summed E-state index contributed by atoms with van der Waals surface area (Å²) in [5.41, 5.74) is 7.97. The van der Waals surface area contributed by atoms with Gasteiger partial charge in [0.2, 0.25) is 11.7 Å². The highest BCUT2D eigenvalue weighted by molar-refractivity contribution is 14.0. The molecule has 10 heteroatoms. The average Bonchev–Trinajstić information content (AvgIpc) is 3.23. The zero-order valence-corrected chi connectivity index (χ0v) is 19.8. The van der Waals surface area contributed by atoms with Crippen LogP contribution < -0.4 is 10.6 Å². The van der Waals surface area contributed by atoms with Crippen LogP contribution in [0.3, 0.4) is 0 Å². The van der Waals surface area contributed by atoms with Gasteiger partial charge in [0.25, 0.3) is 0 Å². The number of benzene rings is 2. The van der Waals surface area contributed by atoms with Crippen LogP contribution in [0.4, 0.5) is 10.1 Å². The van der Waals surface area contributed by atoms with Crippen molar-refractivity contribution in [1.29, 1.82) is 0 Å². The number of nitrogens with two attached hydrogens (primary N) is 1. The number of guanidine groups is 1. The number of aliphatic imine (C=N–C) groups is 1. The lowest BCUT2D eigenvalue weighted by Crippen LogP contribution is -2.51. The summed E-state index contributed by atoms with van der Waals surface area (Å²) < 4.78 is 18.4. The highest BCUT2D eigenvalue weighted by Gasteiger charge is 2.18. The lowest BCUT2D eigenvalue weighted by atomic mass is 10.2. The summed E-state index contributed by atoms with van der Waals surface area (Å²) in [6, 6.07) is 13.9. The van der Waals surface area contributed by atoms with Gasteiger partial charge in [-0.1, -0.05) is 28.9 Å². The molecule has 31 heavy (non-hydrogen) atoms. The molecule has 2 heterocycles. The van der Waals surface area contributed by atoms with Crippen LogP contribution in [0, 0.1) is 5.82 Å². The molecule has 1 aromatic heterocycles. The molecule has 3 aromatic rings. The molecule has 2 aromatic carbocycles. The second-order valence-electron chi connectivity index (χ2n) is 6.96. The fraction of sp³-hybridized carbons (Fsp3) is 0.286. The van der Waals surface area contributed by atoms with Crippen LogP contribution >= 0.6 is 35.6 Å². The molecule has 1 saturated heterocycles. The summed E-state index contributed by atoms with van der Waals surface area (Å²) in [4.78, 5) is 13.1. The smallest absolute Gasteiger partial charge is 0.228 e. The second kappa shape index (κ2) is 10.8. The molecule has 1 aliphatic rings. The van der Waals surface area contributed by atoms with Crippen molar-refractivity contribution in [1.82, 2.24) is 15.0 Å². The number of halogens is 3. The van der Waals surface area contributed by atoms with Gasteiger partial charge in [0.05, 0.1) is 6.54 Å². The highest BCUT2D eigenvalue weighted by Crippen LogP contribution is 2.20. The van der Waals surface area contributed by atoms with Crippen LogP contribution in [0.2, 0.25) is 5.02 Å². The van der Waals surface area contributed by atoms with Gasteiger partial charge in [0.15, 0.2) is 5.96 Å². The highest BCUT2D eigenvalue weighted by atomic mass is 127. The van der Waals surface area contributed by atoms with Crippen LogP contribution in [0.15, 0.2) is 58.0 Å². The molecular weight excluding hydrogens is 534 g/mol. The second-order valence-corrected chi connectivity index (χ2v) is 7.40. The quantitative estimate of drug-likeness (QED) is 0.292. The standard InChI is InChI=1S/C21H22ClFN6O.HI/c22-16-3-1-2-15(14-16)20-26-19(30-27-20)8-9-25-21(24)29-12-10-28(11-13-29)18-6-4-17(23)5-7-18;/h1-7,14H,8-13H2,(H2,24,25);1H. The zero-order valence-electron chi connectivity index (χ0n) is 16.7. The third-order valence-electron chi connectivity index (χ3n) is 4.95. The number of aromatic nitrogens is 2. The van der Waals surface area contributed by atoms with Crippen molar-refractivity contribution in [2.45, 2.75) is 6.42 Å². The molecule has 0 atom stereocenters. The number of rotatable bonds is 5. The third kappa shape index (κ3) is 6.07. The van der Waals surface area contributed by atoms with E-state index >= 15 is 0 Å². The molecule has 2 N–H and O–H groups in total. The molecule has 0 radical (unpaired) electrons. The van der Waals surface area contributed by atoms with Crippen LogP contribution in [-0.4, -0.2) is 53.7 Å². The molecule has 7 nitrogen and oxygen atoms in total. The molecule has 1 fully saturated rings. The Morgan fingerprint density at radius 1 is 1.13 bits per heavy atom. The van der Waals surface area contributed by atoms with E-state index in [0.29, 0.717) is 35.7 Å². The normalized spacial score (nSPS) is 14.5. The lowest BCUT2D eigenvalue weighted by Gasteiger charge is -2.36. The van der Waals surface area contributed by atoms with Gasteiger partial charge < -0.3 is 20.1 Å². The van der Waals surface area contributed by atoms with Crippen LogP contribution in [0.5, 0.6) is 0 Å². The van der Waals surface area contributed by atoms with E-state index < -0.39 is 0 Å². The predicted molar refractivity (Wildman–Crippen MR) is 131 cm³/mol. The Balaban J connectivity index is 0.00000272.